The van der Waals surface area contributed by atoms with Gasteiger partial charge in [0.2, 0.25) is 0 Å². The minimum absolute atomic E-state index is 0.237. The summed E-state index contributed by atoms with van der Waals surface area (Å²) < 4.78 is 6.83. The highest BCUT2D eigenvalue weighted by Gasteiger charge is 2.29. The molecule has 0 radical (unpaired) electrons. The molecule has 0 aliphatic heterocycles. The molecule has 1 saturated carbocycles. The number of aromatic nitrogens is 2. The van der Waals surface area contributed by atoms with Gasteiger partial charge in [-0.25, -0.2) is 4.68 Å². The van der Waals surface area contributed by atoms with Gasteiger partial charge in [0, 0.05) is 22.9 Å². The third-order valence-electron chi connectivity index (χ3n) is 5.71. The molecule has 2 amide bonds. The summed E-state index contributed by atoms with van der Waals surface area (Å²) in [6.07, 6.45) is 2.21. The van der Waals surface area contributed by atoms with Gasteiger partial charge in [-0.05, 0) is 79.6 Å². The second-order valence-corrected chi connectivity index (χ2v) is 8.19. The summed E-state index contributed by atoms with van der Waals surface area (Å²) in [7, 11) is 1.59. The van der Waals surface area contributed by atoms with Crippen LogP contribution in [0, 0.1) is 0 Å². The van der Waals surface area contributed by atoms with Crippen LogP contribution in [0.25, 0.3) is 5.69 Å². The highest BCUT2D eigenvalue weighted by atomic mass is 16.5. The van der Waals surface area contributed by atoms with Gasteiger partial charge in [-0.2, -0.15) is 5.10 Å². The lowest BCUT2D eigenvalue weighted by Crippen LogP contribution is -2.17. The summed E-state index contributed by atoms with van der Waals surface area (Å²) in [4.78, 5) is 25.7. The van der Waals surface area contributed by atoms with Crippen LogP contribution in [0.1, 0.15) is 45.3 Å². The van der Waals surface area contributed by atoms with E-state index >= 15 is 0 Å². The van der Waals surface area contributed by atoms with Crippen LogP contribution in [-0.2, 0) is 0 Å². The molecule has 1 aromatic heterocycles. The van der Waals surface area contributed by atoms with Crippen LogP contribution >= 0.6 is 0 Å². The third kappa shape index (κ3) is 4.68. The van der Waals surface area contributed by atoms with Crippen molar-refractivity contribution in [2.24, 2.45) is 0 Å². The Balaban J connectivity index is 1.29. The fourth-order valence-electron chi connectivity index (χ4n) is 3.68. The van der Waals surface area contributed by atoms with E-state index in [0.717, 1.165) is 30.0 Å². The second kappa shape index (κ2) is 9.23. The summed E-state index contributed by atoms with van der Waals surface area (Å²) in [6, 6.07) is 25.4. The van der Waals surface area contributed by atoms with E-state index in [9.17, 15) is 9.59 Å². The average Bonchev–Trinajstić information content (AvgIpc) is 3.63. The molecule has 4 aromatic rings. The van der Waals surface area contributed by atoms with Gasteiger partial charge in [0.15, 0.2) is 0 Å². The number of carbonyl (C=O) groups excluding carboxylic acids is 2. The number of methoxy groups -OCH3 is 1. The molecule has 0 unspecified atom stereocenters. The molecule has 0 saturated heterocycles. The summed E-state index contributed by atoms with van der Waals surface area (Å²) in [6.45, 7) is 0. The molecule has 170 valence electrons. The van der Waals surface area contributed by atoms with E-state index in [1.807, 2.05) is 36.4 Å². The highest BCUT2D eigenvalue weighted by Crippen LogP contribution is 2.39. The maximum Gasteiger partial charge on any atom is 0.274 e. The number of para-hydroxylation sites is 1. The largest absolute Gasteiger partial charge is 0.497 e. The van der Waals surface area contributed by atoms with Gasteiger partial charge >= 0.3 is 0 Å². The number of ether oxygens (including phenoxy) is 1. The Hall–Kier alpha value is -4.39. The third-order valence-corrected chi connectivity index (χ3v) is 5.71. The summed E-state index contributed by atoms with van der Waals surface area (Å²) in [5.41, 5.74) is 4.02. The van der Waals surface area contributed by atoms with Gasteiger partial charge in [0.1, 0.15) is 11.4 Å². The first-order valence-corrected chi connectivity index (χ1v) is 11.1. The number of nitrogens with one attached hydrogen (secondary N) is 2. The van der Waals surface area contributed by atoms with E-state index in [1.165, 1.54) is 0 Å². The van der Waals surface area contributed by atoms with Crippen LogP contribution in [0.5, 0.6) is 5.75 Å². The fourth-order valence-corrected chi connectivity index (χ4v) is 3.68. The van der Waals surface area contributed by atoms with Crippen LogP contribution in [0.4, 0.5) is 11.4 Å². The molecular formula is C27H24N4O3. The number of amides is 2. The number of nitrogens with zero attached hydrogens (tertiary/aromatic N) is 2. The van der Waals surface area contributed by atoms with E-state index in [1.54, 1.807) is 60.3 Å². The molecule has 34 heavy (non-hydrogen) atoms. The summed E-state index contributed by atoms with van der Waals surface area (Å²) in [5.74, 6) is 0.661. The monoisotopic (exact) mass is 452 g/mol. The van der Waals surface area contributed by atoms with Crippen LogP contribution in [0.15, 0.2) is 84.9 Å². The minimum atomic E-state index is -0.251. The molecule has 3 aromatic carbocycles. The molecule has 0 spiro atoms. The molecular weight excluding hydrogens is 428 g/mol. The fraction of sp³-hybridized carbons (Fsp3) is 0.148. The lowest BCUT2D eigenvalue weighted by atomic mass is 10.2. The molecule has 1 heterocycles. The highest BCUT2D eigenvalue weighted by molar-refractivity contribution is 6.06. The summed E-state index contributed by atoms with van der Waals surface area (Å²) >= 11 is 0. The molecule has 0 bridgehead atoms. The van der Waals surface area contributed by atoms with Crippen molar-refractivity contribution in [1.29, 1.82) is 0 Å². The smallest absolute Gasteiger partial charge is 0.274 e. The summed E-state index contributed by atoms with van der Waals surface area (Å²) in [5, 5.41) is 10.5. The lowest BCUT2D eigenvalue weighted by molar-refractivity contribution is 0.101. The van der Waals surface area contributed by atoms with Crippen LogP contribution in [0.3, 0.4) is 0 Å². The molecule has 1 fully saturated rings. The normalized spacial score (nSPS) is 12.7. The van der Waals surface area contributed by atoms with Gasteiger partial charge in [-0.3, -0.25) is 9.59 Å². The Morgan fingerprint density at radius 1 is 0.853 bits per heavy atom. The predicted molar refractivity (Wildman–Crippen MR) is 131 cm³/mol. The Morgan fingerprint density at radius 3 is 2.09 bits per heavy atom. The topological polar surface area (TPSA) is 85.2 Å². The van der Waals surface area contributed by atoms with Gasteiger partial charge < -0.3 is 15.4 Å². The van der Waals surface area contributed by atoms with Crippen molar-refractivity contribution >= 4 is 23.2 Å². The molecule has 5 rings (SSSR count). The van der Waals surface area contributed by atoms with Gasteiger partial charge in [-0.1, -0.05) is 18.2 Å². The Bertz CT molecular complexity index is 1310. The molecule has 1 aliphatic rings. The van der Waals surface area contributed by atoms with Crippen molar-refractivity contribution in [1.82, 2.24) is 9.78 Å². The van der Waals surface area contributed by atoms with Crippen LogP contribution in [0.2, 0.25) is 0 Å². The zero-order valence-corrected chi connectivity index (χ0v) is 18.7. The van der Waals surface area contributed by atoms with E-state index in [4.69, 9.17) is 4.74 Å². The SMILES string of the molecule is COc1ccc(NC(=O)c2ccc(NC(=O)c3cc(C4CC4)nn3-c3ccccc3)cc2)cc1. The Labute approximate surface area is 197 Å². The number of hydrogen-bond acceptors (Lipinski definition) is 4. The minimum Gasteiger partial charge on any atom is -0.497 e. The van der Waals surface area contributed by atoms with Gasteiger partial charge in [0.25, 0.3) is 11.8 Å². The number of benzene rings is 3. The van der Waals surface area contributed by atoms with Gasteiger partial charge in [-0.15, -0.1) is 0 Å². The standard InChI is InChI=1S/C27H24N4O3/c1-34-23-15-13-21(14-16-23)28-26(32)19-9-11-20(12-10-19)29-27(33)25-17-24(18-7-8-18)30-31(25)22-5-3-2-4-6-22/h2-6,9-18H,7-8H2,1H3,(H,28,32)(H,29,33). The zero-order chi connectivity index (χ0) is 23.5. The van der Waals surface area contributed by atoms with Crippen molar-refractivity contribution in [3.8, 4) is 11.4 Å². The van der Waals surface area contributed by atoms with Crippen molar-refractivity contribution in [2.75, 3.05) is 17.7 Å². The number of rotatable bonds is 7. The predicted octanol–water partition coefficient (Wildman–Crippen LogP) is 5.26. The zero-order valence-electron chi connectivity index (χ0n) is 18.7. The first-order valence-electron chi connectivity index (χ1n) is 11.1. The lowest BCUT2D eigenvalue weighted by Gasteiger charge is -2.09. The number of anilines is 2. The molecule has 0 atom stereocenters. The molecule has 2 N–H and O–H groups in total. The number of carbonyl (C=O) groups is 2. The quantitative estimate of drug-likeness (QED) is 0.400. The maximum absolute atomic E-state index is 13.1. The maximum atomic E-state index is 13.1. The molecule has 1 aliphatic carbocycles. The van der Waals surface area contributed by atoms with E-state index in [2.05, 4.69) is 15.7 Å². The number of hydrogen-bond donors (Lipinski definition) is 2. The van der Waals surface area contributed by atoms with E-state index in [-0.39, 0.29) is 11.8 Å². The Morgan fingerprint density at radius 2 is 1.47 bits per heavy atom. The van der Waals surface area contributed by atoms with Crippen LogP contribution in [-0.4, -0.2) is 28.7 Å². The van der Waals surface area contributed by atoms with Crippen molar-refractivity contribution in [2.45, 2.75) is 18.8 Å². The van der Waals surface area contributed by atoms with Crippen LogP contribution < -0.4 is 15.4 Å². The van der Waals surface area contributed by atoms with Crippen molar-refractivity contribution < 1.29 is 14.3 Å². The van der Waals surface area contributed by atoms with Gasteiger partial charge in [0.05, 0.1) is 18.5 Å². The molecule has 7 heteroatoms. The average molecular weight is 453 g/mol. The molecule has 7 nitrogen and oxygen atoms in total. The Kier molecular flexibility index (Phi) is 5.82. The first-order chi connectivity index (χ1) is 16.6. The van der Waals surface area contributed by atoms with E-state index < -0.39 is 0 Å². The first kappa shape index (κ1) is 21.5. The van der Waals surface area contributed by atoms with Crippen molar-refractivity contribution in [3.63, 3.8) is 0 Å². The van der Waals surface area contributed by atoms with E-state index in [0.29, 0.717) is 28.6 Å². The second-order valence-electron chi connectivity index (χ2n) is 8.19. The van der Waals surface area contributed by atoms with Crippen molar-refractivity contribution in [3.05, 3.63) is 102 Å².